The summed E-state index contributed by atoms with van der Waals surface area (Å²) in [6, 6.07) is 4.93. The monoisotopic (exact) mass is 306 g/mol. The second-order valence-corrected chi connectivity index (χ2v) is 5.65. The normalized spacial score (nSPS) is 15.0. The molecule has 18 heavy (non-hydrogen) atoms. The number of hydrogen-bond acceptors (Lipinski definition) is 3. The summed E-state index contributed by atoms with van der Waals surface area (Å²) in [7, 11) is 0. The van der Waals surface area contributed by atoms with E-state index in [9.17, 15) is 0 Å². The summed E-state index contributed by atoms with van der Waals surface area (Å²) in [6.45, 7) is 2.92. The molecule has 94 valence electrons. The lowest BCUT2D eigenvalue weighted by Crippen LogP contribution is -2.16. The zero-order valence-electron chi connectivity index (χ0n) is 10.2. The van der Waals surface area contributed by atoms with Crippen LogP contribution in [0.4, 0.5) is 0 Å². The molecule has 0 spiro atoms. The molecular formula is C13H15BrN4. The molecule has 2 heterocycles. The Morgan fingerprint density at radius 1 is 1.44 bits per heavy atom. The second kappa shape index (κ2) is 4.82. The zero-order valence-corrected chi connectivity index (χ0v) is 11.8. The molecule has 0 bridgehead atoms. The van der Waals surface area contributed by atoms with E-state index in [1.165, 1.54) is 18.4 Å². The van der Waals surface area contributed by atoms with Gasteiger partial charge in [0, 0.05) is 24.5 Å². The summed E-state index contributed by atoms with van der Waals surface area (Å²) in [5.74, 6) is 0.869. The summed E-state index contributed by atoms with van der Waals surface area (Å²) in [6.07, 6.45) is 6.30. The largest absolute Gasteiger partial charge is 0.310 e. The highest BCUT2D eigenvalue weighted by Crippen LogP contribution is 2.20. The van der Waals surface area contributed by atoms with E-state index in [1.54, 1.807) is 10.9 Å². The third kappa shape index (κ3) is 2.79. The zero-order chi connectivity index (χ0) is 12.5. The maximum atomic E-state index is 4.51. The van der Waals surface area contributed by atoms with Crippen molar-refractivity contribution in [3.05, 3.63) is 40.3 Å². The van der Waals surface area contributed by atoms with Crippen LogP contribution in [0.25, 0.3) is 5.82 Å². The molecule has 0 radical (unpaired) electrons. The van der Waals surface area contributed by atoms with Crippen LogP contribution in [-0.2, 0) is 6.54 Å². The Hall–Kier alpha value is -1.20. The maximum absolute atomic E-state index is 4.51. The fourth-order valence-electron chi connectivity index (χ4n) is 1.92. The van der Waals surface area contributed by atoms with E-state index < -0.39 is 0 Å². The van der Waals surface area contributed by atoms with Crippen LogP contribution in [0.15, 0.2) is 29.0 Å². The van der Waals surface area contributed by atoms with Gasteiger partial charge in [-0.05, 0) is 53.4 Å². The average molecular weight is 307 g/mol. The maximum Gasteiger partial charge on any atom is 0.153 e. The van der Waals surface area contributed by atoms with Crippen LogP contribution in [0.5, 0.6) is 0 Å². The predicted octanol–water partition coefficient (Wildman–Crippen LogP) is 2.59. The summed E-state index contributed by atoms with van der Waals surface area (Å²) < 4.78 is 2.75. The van der Waals surface area contributed by atoms with Crippen molar-refractivity contribution in [3.63, 3.8) is 0 Å². The molecule has 0 saturated heterocycles. The SMILES string of the molecule is Cc1cc(CNC2CC2)cc(-n2cc(Br)cn2)n1. The van der Waals surface area contributed by atoms with Crippen LogP contribution >= 0.6 is 15.9 Å². The molecular weight excluding hydrogens is 292 g/mol. The molecule has 1 aliphatic rings. The minimum Gasteiger partial charge on any atom is -0.310 e. The van der Waals surface area contributed by atoms with Gasteiger partial charge in [-0.15, -0.1) is 0 Å². The van der Waals surface area contributed by atoms with Crippen LogP contribution in [0.1, 0.15) is 24.1 Å². The number of pyridine rings is 1. The first kappa shape index (κ1) is 11.9. The molecule has 1 aliphatic carbocycles. The Morgan fingerprint density at radius 2 is 2.28 bits per heavy atom. The highest BCUT2D eigenvalue weighted by atomic mass is 79.9. The summed E-state index contributed by atoms with van der Waals surface area (Å²) >= 11 is 3.40. The van der Waals surface area contributed by atoms with E-state index in [2.05, 4.69) is 43.5 Å². The molecule has 0 atom stereocenters. The molecule has 1 N–H and O–H groups in total. The minimum absolute atomic E-state index is 0.723. The Labute approximate surface area is 115 Å². The Morgan fingerprint density at radius 3 is 2.94 bits per heavy atom. The van der Waals surface area contributed by atoms with E-state index in [-0.39, 0.29) is 0 Å². The van der Waals surface area contributed by atoms with Gasteiger partial charge in [0.2, 0.25) is 0 Å². The van der Waals surface area contributed by atoms with Crippen molar-refractivity contribution in [2.45, 2.75) is 32.4 Å². The van der Waals surface area contributed by atoms with Gasteiger partial charge in [-0.3, -0.25) is 0 Å². The average Bonchev–Trinajstić information content (AvgIpc) is 3.07. The lowest BCUT2D eigenvalue weighted by Gasteiger charge is -2.07. The number of hydrogen-bond donors (Lipinski definition) is 1. The van der Waals surface area contributed by atoms with Crippen molar-refractivity contribution >= 4 is 15.9 Å². The van der Waals surface area contributed by atoms with Crippen LogP contribution in [0, 0.1) is 6.92 Å². The molecule has 4 nitrogen and oxygen atoms in total. The first-order valence-corrected chi connectivity index (χ1v) is 6.91. The molecule has 2 aromatic rings. The quantitative estimate of drug-likeness (QED) is 0.944. The first-order valence-electron chi connectivity index (χ1n) is 6.12. The second-order valence-electron chi connectivity index (χ2n) is 4.73. The van der Waals surface area contributed by atoms with Crippen molar-refractivity contribution in [3.8, 4) is 5.82 Å². The Bertz CT molecular complexity index is 560. The molecule has 5 heteroatoms. The van der Waals surface area contributed by atoms with Crippen LogP contribution < -0.4 is 5.32 Å². The molecule has 0 aromatic carbocycles. The number of nitrogens with one attached hydrogen (secondary N) is 1. The molecule has 0 aliphatic heterocycles. The van der Waals surface area contributed by atoms with Crippen molar-refractivity contribution in [2.75, 3.05) is 0 Å². The molecule has 1 saturated carbocycles. The lowest BCUT2D eigenvalue weighted by atomic mass is 10.2. The van der Waals surface area contributed by atoms with Gasteiger partial charge >= 0.3 is 0 Å². The van der Waals surface area contributed by atoms with Gasteiger partial charge in [-0.2, -0.15) is 5.10 Å². The standard InChI is InChI=1S/C13H15BrN4/c1-9-4-10(6-15-12-2-3-12)5-13(17-9)18-8-11(14)7-16-18/h4-5,7-8,12,15H,2-3,6H2,1H3. The number of aryl methyl sites for hydroxylation is 1. The molecule has 2 aromatic heterocycles. The predicted molar refractivity (Wildman–Crippen MR) is 73.7 cm³/mol. The van der Waals surface area contributed by atoms with Gasteiger partial charge in [-0.1, -0.05) is 0 Å². The summed E-state index contributed by atoms with van der Waals surface area (Å²) in [5.41, 5.74) is 2.28. The topological polar surface area (TPSA) is 42.7 Å². The van der Waals surface area contributed by atoms with Gasteiger partial charge in [0.05, 0.1) is 10.7 Å². The third-order valence-electron chi connectivity index (χ3n) is 2.96. The Kier molecular flexibility index (Phi) is 3.18. The van der Waals surface area contributed by atoms with Crippen LogP contribution in [-0.4, -0.2) is 20.8 Å². The molecule has 0 unspecified atom stereocenters. The van der Waals surface area contributed by atoms with E-state index in [4.69, 9.17) is 0 Å². The molecule has 3 rings (SSSR count). The Balaban J connectivity index is 1.84. The smallest absolute Gasteiger partial charge is 0.153 e. The molecule has 0 amide bonds. The summed E-state index contributed by atoms with van der Waals surface area (Å²) in [5, 5.41) is 7.78. The highest BCUT2D eigenvalue weighted by Gasteiger charge is 2.20. The van der Waals surface area contributed by atoms with E-state index in [0.29, 0.717) is 0 Å². The van der Waals surface area contributed by atoms with Crippen LogP contribution in [0.2, 0.25) is 0 Å². The fourth-order valence-corrected chi connectivity index (χ4v) is 2.20. The molecule has 1 fully saturated rings. The van der Waals surface area contributed by atoms with E-state index in [0.717, 1.165) is 28.6 Å². The van der Waals surface area contributed by atoms with Gasteiger partial charge in [0.15, 0.2) is 5.82 Å². The number of nitrogens with zero attached hydrogens (tertiary/aromatic N) is 3. The summed E-state index contributed by atoms with van der Waals surface area (Å²) in [4.78, 5) is 4.51. The number of halogens is 1. The van der Waals surface area contributed by atoms with Crippen LogP contribution in [0.3, 0.4) is 0 Å². The highest BCUT2D eigenvalue weighted by molar-refractivity contribution is 9.10. The van der Waals surface area contributed by atoms with E-state index >= 15 is 0 Å². The minimum atomic E-state index is 0.723. The van der Waals surface area contributed by atoms with Crippen molar-refractivity contribution in [2.24, 2.45) is 0 Å². The van der Waals surface area contributed by atoms with Gasteiger partial charge < -0.3 is 5.32 Å². The lowest BCUT2D eigenvalue weighted by molar-refractivity contribution is 0.684. The van der Waals surface area contributed by atoms with Crippen molar-refractivity contribution < 1.29 is 0 Å². The van der Waals surface area contributed by atoms with Gasteiger partial charge in [0.1, 0.15) is 0 Å². The third-order valence-corrected chi connectivity index (χ3v) is 3.37. The first-order chi connectivity index (χ1) is 8.70. The number of rotatable bonds is 4. The van der Waals surface area contributed by atoms with E-state index in [1.807, 2.05) is 13.1 Å². The van der Waals surface area contributed by atoms with Gasteiger partial charge in [0.25, 0.3) is 0 Å². The van der Waals surface area contributed by atoms with Crippen molar-refractivity contribution in [1.29, 1.82) is 0 Å². The van der Waals surface area contributed by atoms with Gasteiger partial charge in [-0.25, -0.2) is 9.67 Å². The van der Waals surface area contributed by atoms with Crippen molar-refractivity contribution in [1.82, 2.24) is 20.1 Å². The number of aromatic nitrogens is 3. The fraction of sp³-hybridized carbons (Fsp3) is 0.385.